The zero-order chi connectivity index (χ0) is 29.3. The molecule has 1 saturated heterocycles. The number of alkyl halides is 3. The molecule has 0 aromatic heterocycles. The molecule has 3 N–H and O–H groups in total. The maximum absolute atomic E-state index is 12.4. The van der Waals surface area contributed by atoms with Crippen LogP contribution in [0.15, 0.2) is 72.8 Å². The van der Waals surface area contributed by atoms with E-state index in [0.29, 0.717) is 25.1 Å². The number of carbonyl (C=O) groups is 1. The predicted molar refractivity (Wildman–Crippen MR) is 147 cm³/mol. The number of carboxylic acids is 1. The number of halogens is 3. The number of hydrogen-bond donors (Lipinski definition) is 2. The number of hydrogen-bond acceptors (Lipinski definition) is 6. The lowest BCUT2D eigenvalue weighted by Crippen LogP contribution is -2.48. The van der Waals surface area contributed by atoms with Crippen LogP contribution in [0.3, 0.4) is 0 Å². The number of nitrogen functional groups attached to an aromatic ring is 1. The van der Waals surface area contributed by atoms with E-state index in [-0.39, 0.29) is 16.9 Å². The molecule has 0 saturated carbocycles. The van der Waals surface area contributed by atoms with Gasteiger partial charge in [-0.15, -0.1) is 13.2 Å². The van der Waals surface area contributed by atoms with Crippen molar-refractivity contribution in [3.05, 3.63) is 83.9 Å². The van der Waals surface area contributed by atoms with Crippen molar-refractivity contribution in [2.24, 2.45) is 0 Å². The van der Waals surface area contributed by atoms with Crippen molar-refractivity contribution in [1.29, 1.82) is 0 Å². The van der Waals surface area contributed by atoms with Crippen LogP contribution in [0.25, 0.3) is 11.1 Å². The largest absolute Gasteiger partial charge is 0.573 e. The first-order valence-corrected chi connectivity index (χ1v) is 14.2. The van der Waals surface area contributed by atoms with Crippen LogP contribution in [0.4, 0.5) is 18.9 Å². The quantitative estimate of drug-likeness (QED) is 0.358. The molecule has 216 valence electrons. The Hall–Kier alpha value is -3.61. The maximum Gasteiger partial charge on any atom is 0.573 e. The first-order chi connectivity index (χ1) is 18.9. The number of ether oxygens (including phenoxy) is 1. The molecule has 0 spiro atoms. The Kier molecular flexibility index (Phi) is 10.5. The lowest BCUT2D eigenvalue weighted by atomic mass is 10.0. The van der Waals surface area contributed by atoms with Crippen molar-refractivity contribution in [2.45, 2.75) is 26.3 Å². The van der Waals surface area contributed by atoms with Gasteiger partial charge < -0.3 is 15.6 Å². The highest BCUT2D eigenvalue weighted by atomic mass is 32.2. The first kappa shape index (κ1) is 30.9. The van der Waals surface area contributed by atoms with E-state index in [2.05, 4.69) is 9.64 Å². The van der Waals surface area contributed by atoms with Crippen LogP contribution in [-0.4, -0.2) is 67.0 Å². The van der Waals surface area contributed by atoms with Crippen LogP contribution >= 0.6 is 0 Å². The van der Waals surface area contributed by atoms with Gasteiger partial charge in [-0.2, -0.15) is 4.31 Å². The fraction of sp³-hybridized carbons (Fsp3) is 0.321. The second-order valence-corrected chi connectivity index (χ2v) is 11.3. The molecule has 1 aliphatic rings. The van der Waals surface area contributed by atoms with Crippen LogP contribution in [0.2, 0.25) is 0 Å². The highest BCUT2D eigenvalue weighted by Gasteiger charge is 2.32. The average molecular weight is 580 g/mol. The molecule has 1 aliphatic heterocycles. The number of aromatic carboxylic acids is 1. The number of sulfonamides is 1. The lowest BCUT2D eigenvalue weighted by Gasteiger charge is -2.34. The van der Waals surface area contributed by atoms with Crippen molar-refractivity contribution >= 4 is 21.7 Å². The van der Waals surface area contributed by atoms with E-state index >= 15 is 0 Å². The predicted octanol–water partition coefficient (Wildman–Crippen LogP) is 5.08. The van der Waals surface area contributed by atoms with Crippen LogP contribution in [-0.2, 0) is 16.6 Å². The van der Waals surface area contributed by atoms with Crippen molar-refractivity contribution in [3.63, 3.8) is 0 Å². The van der Waals surface area contributed by atoms with Gasteiger partial charge in [0.2, 0.25) is 10.0 Å². The topological polar surface area (TPSA) is 113 Å². The second-order valence-electron chi connectivity index (χ2n) is 9.16. The van der Waals surface area contributed by atoms with Gasteiger partial charge in [0.1, 0.15) is 5.75 Å². The summed E-state index contributed by atoms with van der Waals surface area (Å²) in [6.45, 7) is 5.51. The number of carboxylic acid groups (broad SMARTS) is 1. The monoisotopic (exact) mass is 579 g/mol. The zero-order valence-electron chi connectivity index (χ0n) is 22.0. The molecule has 3 aromatic rings. The molecule has 0 amide bonds. The average Bonchev–Trinajstić information content (AvgIpc) is 2.90. The molecule has 12 heteroatoms. The van der Waals surface area contributed by atoms with E-state index < -0.39 is 28.1 Å². The van der Waals surface area contributed by atoms with Gasteiger partial charge in [0.25, 0.3) is 0 Å². The first-order valence-electron chi connectivity index (χ1n) is 12.6. The number of piperazine rings is 1. The van der Waals surface area contributed by atoms with E-state index in [1.807, 2.05) is 31.2 Å². The number of nitrogens with zero attached hydrogens (tertiary/aromatic N) is 2. The van der Waals surface area contributed by atoms with Gasteiger partial charge in [0, 0.05) is 44.0 Å². The van der Waals surface area contributed by atoms with E-state index in [4.69, 9.17) is 10.8 Å². The minimum Gasteiger partial charge on any atom is -0.478 e. The van der Waals surface area contributed by atoms with Crippen molar-refractivity contribution < 1.29 is 36.2 Å². The number of anilines is 1. The van der Waals surface area contributed by atoms with E-state index in [0.717, 1.165) is 31.4 Å². The summed E-state index contributed by atoms with van der Waals surface area (Å²) in [4.78, 5) is 13.1. The summed E-state index contributed by atoms with van der Waals surface area (Å²) in [5, 5.41) is 8.83. The third-order valence-corrected chi connectivity index (χ3v) is 8.19. The molecule has 0 radical (unpaired) electrons. The highest BCUT2D eigenvalue weighted by Crippen LogP contribution is 2.34. The zero-order valence-corrected chi connectivity index (χ0v) is 22.8. The van der Waals surface area contributed by atoms with E-state index in [9.17, 15) is 26.4 Å². The molecular formula is C28H32F3N3O5S. The molecule has 0 bridgehead atoms. The fourth-order valence-electron chi connectivity index (χ4n) is 4.15. The SMILES string of the molecule is CCCS(=O)(=O)N1CCN(Cc2ccc(N)cc2)CC1.O=C(O)c1ccc(-c2ccccc2)c(OC(F)(F)F)c1. The smallest absolute Gasteiger partial charge is 0.478 e. The molecule has 3 aromatic carbocycles. The summed E-state index contributed by atoms with van der Waals surface area (Å²) in [5.41, 5.74) is 8.05. The Morgan fingerprint density at radius 2 is 1.60 bits per heavy atom. The molecule has 1 heterocycles. The molecule has 40 heavy (non-hydrogen) atoms. The molecule has 0 atom stereocenters. The summed E-state index contributed by atoms with van der Waals surface area (Å²) in [5.74, 6) is -1.61. The molecule has 0 unspecified atom stereocenters. The number of rotatable bonds is 8. The van der Waals surface area contributed by atoms with Crippen LogP contribution in [0.5, 0.6) is 5.75 Å². The Labute approximate surface area is 231 Å². The van der Waals surface area contributed by atoms with E-state index in [1.54, 1.807) is 34.6 Å². The van der Waals surface area contributed by atoms with Crippen LogP contribution < -0.4 is 10.5 Å². The summed E-state index contributed by atoms with van der Waals surface area (Å²) in [6, 6.07) is 19.5. The van der Waals surface area contributed by atoms with Gasteiger partial charge in [0.15, 0.2) is 0 Å². The third kappa shape index (κ3) is 9.25. The second kappa shape index (κ2) is 13.6. The maximum atomic E-state index is 12.4. The Balaban J connectivity index is 0.000000220. The molecule has 4 rings (SSSR count). The highest BCUT2D eigenvalue weighted by molar-refractivity contribution is 7.89. The summed E-state index contributed by atoms with van der Waals surface area (Å²) in [6.07, 6.45) is -4.21. The van der Waals surface area contributed by atoms with Gasteiger partial charge in [-0.3, -0.25) is 4.90 Å². The van der Waals surface area contributed by atoms with Gasteiger partial charge in [-0.25, -0.2) is 13.2 Å². The Morgan fingerprint density at radius 3 is 2.15 bits per heavy atom. The van der Waals surface area contributed by atoms with Gasteiger partial charge in [-0.1, -0.05) is 49.4 Å². The molecule has 8 nitrogen and oxygen atoms in total. The number of benzene rings is 3. The normalized spacial score (nSPS) is 14.7. The van der Waals surface area contributed by atoms with Crippen molar-refractivity contribution in [1.82, 2.24) is 9.21 Å². The standard InChI is InChI=1S/C14H9F3O3.C14H23N3O2S/c15-14(16,17)20-12-8-10(13(18)19)6-7-11(12)9-4-2-1-3-5-9;1-2-11-20(18,19)17-9-7-16(8-10-17)12-13-3-5-14(15)6-4-13/h1-8H,(H,18,19);3-6H,2,7-12,15H2,1H3. The van der Waals surface area contributed by atoms with Crippen molar-refractivity contribution in [2.75, 3.05) is 37.7 Å². The van der Waals surface area contributed by atoms with Gasteiger partial charge >= 0.3 is 12.3 Å². The van der Waals surface area contributed by atoms with Crippen LogP contribution in [0, 0.1) is 0 Å². The summed E-state index contributed by atoms with van der Waals surface area (Å²) >= 11 is 0. The summed E-state index contributed by atoms with van der Waals surface area (Å²) in [7, 11) is -3.05. The summed E-state index contributed by atoms with van der Waals surface area (Å²) < 4.78 is 66.7. The lowest BCUT2D eigenvalue weighted by molar-refractivity contribution is -0.274. The molecular weight excluding hydrogens is 547 g/mol. The Morgan fingerprint density at radius 1 is 0.975 bits per heavy atom. The molecule has 1 fully saturated rings. The van der Waals surface area contributed by atoms with Crippen LogP contribution in [0.1, 0.15) is 29.3 Å². The number of nitrogens with two attached hydrogens (primary N) is 1. The van der Waals surface area contributed by atoms with Gasteiger partial charge in [-0.05, 0) is 47.9 Å². The van der Waals surface area contributed by atoms with Crippen molar-refractivity contribution in [3.8, 4) is 16.9 Å². The minimum atomic E-state index is -4.89. The Bertz CT molecular complexity index is 1360. The fourth-order valence-corrected chi connectivity index (χ4v) is 5.65. The minimum absolute atomic E-state index is 0.174. The molecule has 0 aliphatic carbocycles. The third-order valence-electron chi connectivity index (χ3n) is 6.11. The van der Waals surface area contributed by atoms with Gasteiger partial charge in [0.05, 0.1) is 11.3 Å². The van der Waals surface area contributed by atoms with E-state index in [1.165, 1.54) is 17.7 Å².